The van der Waals surface area contributed by atoms with Gasteiger partial charge in [0.2, 0.25) is 11.8 Å². The predicted octanol–water partition coefficient (Wildman–Crippen LogP) is 1.66. The van der Waals surface area contributed by atoms with Crippen LogP contribution in [0.15, 0.2) is 30.3 Å². The molecule has 3 amide bonds. The average Bonchev–Trinajstić information content (AvgIpc) is 2.66. The van der Waals surface area contributed by atoms with Gasteiger partial charge >= 0.3 is 12.1 Å². The number of amides is 3. The Morgan fingerprint density at radius 2 is 1.33 bits per heavy atom. The van der Waals surface area contributed by atoms with E-state index in [0.29, 0.717) is 0 Å². The Balaban J connectivity index is 2.03. The summed E-state index contributed by atoms with van der Waals surface area (Å²) < 4.78 is 10.2. The largest absolute Gasteiger partial charge is 0.461 e. The number of rotatable bonds is 11. The molecule has 1 aromatic rings. The molecule has 0 heterocycles. The number of alkyl carbamates (subject to hydrolysis) is 1. The van der Waals surface area contributed by atoms with E-state index in [0.717, 1.165) is 5.56 Å². The average molecular weight is 421 g/mol. The van der Waals surface area contributed by atoms with Gasteiger partial charge in [0.1, 0.15) is 12.2 Å². The molecule has 0 unspecified atom stereocenters. The summed E-state index contributed by atoms with van der Waals surface area (Å²) in [5, 5.41) is 7.67. The number of hydrogen-bond acceptors (Lipinski definition) is 6. The zero-order valence-corrected chi connectivity index (χ0v) is 17.8. The van der Waals surface area contributed by atoms with Crippen LogP contribution in [0.1, 0.15) is 45.6 Å². The monoisotopic (exact) mass is 421 g/mol. The molecular formula is C21H31N3O6. The van der Waals surface area contributed by atoms with Gasteiger partial charge in [0.05, 0.1) is 6.42 Å². The van der Waals surface area contributed by atoms with Crippen molar-refractivity contribution >= 4 is 23.9 Å². The normalized spacial score (nSPS) is 10.6. The van der Waals surface area contributed by atoms with Crippen molar-refractivity contribution in [2.45, 2.75) is 52.2 Å². The molecule has 0 atom stereocenters. The summed E-state index contributed by atoms with van der Waals surface area (Å²) >= 11 is 0. The minimum absolute atomic E-state index is 0.0707. The Labute approximate surface area is 176 Å². The SMILES string of the molecule is CC(C)(C)OC(=O)NCCC(=O)NCCC(=O)NCCC(=O)OCc1ccccc1. The highest BCUT2D eigenvalue weighted by Gasteiger charge is 2.15. The molecule has 9 heteroatoms. The molecule has 0 aliphatic rings. The van der Waals surface area contributed by atoms with E-state index in [2.05, 4.69) is 16.0 Å². The van der Waals surface area contributed by atoms with Crippen LogP contribution < -0.4 is 16.0 Å². The van der Waals surface area contributed by atoms with E-state index in [-0.39, 0.29) is 57.3 Å². The smallest absolute Gasteiger partial charge is 0.407 e. The van der Waals surface area contributed by atoms with Crippen LogP contribution in [-0.4, -0.2) is 49.1 Å². The molecular weight excluding hydrogens is 390 g/mol. The van der Waals surface area contributed by atoms with Crippen LogP contribution in [0.5, 0.6) is 0 Å². The summed E-state index contributed by atoms with van der Waals surface area (Å²) in [5.74, 6) is -0.966. The lowest BCUT2D eigenvalue weighted by Gasteiger charge is -2.19. The van der Waals surface area contributed by atoms with Crippen LogP contribution in [0, 0.1) is 0 Å². The van der Waals surface area contributed by atoms with E-state index in [1.807, 2.05) is 30.3 Å². The minimum Gasteiger partial charge on any atom is -0.461 e. The van der Waals surface area contributed by atoms with Gasteiger partial charge in [0.15, 0.2) is 0 Å². The second-order valence-electron chi connectivity index (χ2n) is 7.52. The van der Waals surface area contributed by atoms with Gasteiger partial charge in [0.25, 0.3) is 0 Å². The number of benzene rings is 1. The number of ether oxygens (including phenoxy) is 2. The number of hydrogen-bond donors (Lipinski definition) is 3. The highest BCUT2D eigenvalue weighted by atomic mass is 16.6. The third-order valence-electron chi connectivity index (χ3n) is 3.59. The maximum Gasteiger partial charge on any atom is 0.407 e. The Bertz CT molecular complexity index is 700. The maximum atomic E-state index is 11.7. The molecule has 0 aromatic heterocycles. The van der Waals surface area contributed by atoms with Gasteiger partial charge < -0.3 is 25.4 Å². The zero-order chi connectivity index (χ0) is 22.4. The molecule has 0 saturated heterocycles. The fourth-order valence-corrected chi connectivity index (χ4v) is 2.20. The molecule has 1 rings (SSSR count). The Morgan fingerprint density at radius 1 is 0.800 bits per heavy atom. The van der Waals surface area contributed by atoms with Gasteiger partial charge in [-0.1, -0.05) is 30.3 Å². The lowest BCUT2D eigenvalue weighted by atomic mass is 10.2. The van der Waals surface area contributed by atoms with Crippen LogP contribution in [0.3, 0.4) is 0 Å². The van der Waals surface area contributed by atoms with Crippen molar-refractivity contribution in [2.75, 3.05) is 19.6 Å². The number of carbonyl (C=O) groups excluding carboxylic acids is 4. The number of carbonyl (C=O) groups is 4. The van der Waals surface area contributed by atoms with Crippen molar-refractivity contribution in [3.63, 3.8) is 0 Å². The summed E-state index contributed by atoms with van der Waals surface area (Å²) in [6.45, 7) is 5.91. The Morgan fingerprint density at radius 3 is 1.90 bits per heavy atom. The molecule has 166 valence electrons. The van der Waals surface area contributed by atoms with Gasteiger partial charge in [-0.05, 0) is 26.3 Å². The lowest BCUT2D eigenvalue weighted by Crippen LogP contribution is -2.36. The van der Waals surface area contributed by atoms with Crippen LogP contribution in [0.2, 0.25) is 0 Å². The van der Waals surface area contributed by atoms with Crippen LogP contribution >= 0.6 is 0 Å². The van der Waals surface area contributed by atoms with Gasteiger partial charge in [-0.3, -0.25) is 14.4 Å². The van der Waals surface area contributed by atoms with Crippen LogP contribution in [0.4, 0.5) is 4.79 Å². The van der Waals surface area contributed by atoms with Gasteiger partial charge in [-0.2, -0.15) is 0 Å². The van der Waals surface area contributed by atoms with E-state index in [1.165, 1.54) is 0 Å². The van der Waals surface area contributed by atoms with Crippen molar-refractivity contribution in [3.05, 3.63) is 35.9 Å². The van der Waals surface area contributed by atoms with Crippen molar-refractivity contribution < 1.29 is 28.7 Å². The third kappa shape index (κ3) is 13.1. The first-order valence-corrected chi connectivity index (χ1v) is 9.85. The molecule has 0 aliphatic heterocycles. The maximum absolute atomic E-state index is 11.7. The minimum atomic E-state index is -0.599. The molecule has 0 spiro atoms. The first-order valence-electron chi connectivity index (χ1n) is 9.85. The summed E-state index contributed by atoms with van der Waals surface area (Å²) in [5.41, 5.74) is 0.296. The predicted molar refractivity (Wildman–Crippen MR) is 110 cm³/mol. The molecule has 0 bridgehead atoms. The van der Waals surface area contributed by atoms with E-state index < -0.39 is 17.7 Å². The zero-order valence-electron chi connectivity index (χ0n) is 17.8. The first kappa shape index (κ1) is 24.9. The Kier molecular flexibility index (Phi) is 11.0. The quantitative estimate of drug-likeness (QED) is 0.467. The van der Waals surface area contributed by atoms with E-state index in [4.69, 9.17) is 9.47 Å². The molecule has 30 heavy (non-hydrogen) atoms. The Hall–Kier alpha value is -3.10. The van der Waals surface area contributed by atoms with Crippen molar-refractivity contribution in [1.82, 2.24) is 16.0 Å². The van der Waals surface area contributed by atoms with Crippen molar-refractivity contribution in [2.24, 2.45) is 0 Å². The summed E-state index contributed by atoms with van der Waals surface area (Å²) in [6.07, 6.45) is -0.350. The standard InChI is InChI=1S/C21H31N3O6/c1-21(2,3)30-20(28)24-13-10-18(26)22-12-9-17(25)23-14-11-19(27)29-15-16-7-5-4-6-8-16/h4-8H,9-15H2,1-3H3,(H,22,26)(H,23,25)(H,24,28). The van der Waals surface area contributed by atoms with E-state index in [9.17, 15) is 19.2 Å². The topological polar surface area (TPSA) is 123 Å². The third-order valence-corrected chi connectivity index (χ3v) is 3.59. The lowest BCUT2D eigenvalue weighted by molar-refractivity contribution is -0.144. The van der Waals surface area contributed by atoms with Gasteiger partial charge in [0, 0.05) is 32.5 Å². The first-order chi connectivity index (χ1) is 14.2. The summed E-state index contributed by atoms with van der Waals surface area (Å²) in [7, 11) is 0. The molecule has 9 nitrogen and oxygen atoms in total. The highest BCUT2D eigenvalue weighted by Crippen LogP contribution is 2.06. The van der Waals surface area contributed by atoms with Crippen LogP contribution in [-0.2, 0) is 30.5 Å². The number of esters is 1. The number of nitrogens with one attached hydrogen (secondary N) is 3. The highest BCUT2D eigenvalue weighted by molar-refractivity contribution is 5.79. The molecule has 3 N–H and O–H groups in total. The van der Waals surface area contributed by atoms with Gasteiger partial charge in [-0.15, -0.1) is 0 Å². The molecule has 0 radical (unpaired) electrons. The second-order valence-corrected chi connectivity index (χ2v) is 7.52. The fourth-order valence-electron chi connectivity index (χ4n) is 2.20. The molecule has 0 aliphatic carbocycles. The molecule has 0 fully saturated rings. The van der Waals surface area contributed by atoms with Crippen molar-refractivity contribution in [1.29, 1.82) is 0 Å². The second kappa shape index (κ2) is 13.2. The van der Waals surface area contributed by atoms with Crippen LogP contribution in [0.25, 0.3) is 0 Å². The fraction of sp³-hybridized carbons (Fsp3) is 0.524. The van der Waals surface area contributed by atoms with Crippen molar-refractivity contribution in [3.8, 4) is 0 Å². The molecule has 0 saturated carbocycles. The molecule has 1 aromatic carbocycles. The van der Waals surface area contributed by atoms with Gasteiger partial charge in [-0.25, -0.2) is 4.79 Å². The van der Waals surface area contributed by atoms with E-state index in [1.54, 1.807) is 20.8 Å². The summed E-state index contributed by atoms with van der Waals surface area (Å²) in [4.78, 5) is 46.5. The van der Waals surface area contributed by atoms with E-state index >= 15 is 0 Å². The summed E-state index contributed by atoms with van der Waals surface area (Å²) in [6, 6.07) is 9.32.